The number of ether oxygens (including phenoxy) is 1. The van der Waals surface area contributed by atoms with Gasteiger partial charge in [0.25, 0.3) is 0 Å². The number of piperazine rings is 1. The SMILES string of the molecule is COC1CC(NC(=O)C(C)N2CCNCC2)C1. The molecule has 98 valence electrons. The van der Waals surface area contributed by atoms with E-state index in [1.54, 1.807) is 7.11 Å². The van der Waals surface area contributed by atoms with Crippen LogP contribution in [0, 0.1) is 0 Å². The maximum absolute atomic E-state index is 12.0. The standard InChI is InChI=1S/C12H23N3O2/c1-9(15-5-3-13-4-6-15)12(16)14-10-7-11(8-10)17-2/h9-11,13H,3-8H2,1-2H3,(H,14,16). The Morgan fingerprint density at radius 1 is 1.41 bits per heavy atom. The number of methoxy groups -OCH3 is 1. The Hall–Kier alpha value is -0.650. The summed E-state index contributed by atoms with van der Waals surface area (Å²) in [4.78, 5) is 14.3. The van der Waals surface area contributed by atoms with Gasteiger partial charge in [-0.2, -0.15) is 0 Å². The van der Waals surface area contributed by atoms with Crippen molar-refractivity contribution in [2.24, 2.45) is 0 Å². The summed E-state index contributed by atoms with van der Waals surface area (Å²) in [7, 11) is 1.73. The molecule has 0 radical (unpaired) electrons. The van der Waals surface area contributed by atoms with Gasteiger partial charge in [0, 0.05) is 39.3 Å². The third-order valence-electron chi connectivity index (χ3n) is 3.85. The molecule has 1 unspecified atom stereocenters. The summed E-state index contributed by atoms with van der Waals surface area (Å²) < 4.78 is 5.20. The Morgan fingerprint density at radius 2 is 2.06 bits per heavy atom. The predicted octanol–water partition coefficient (Wildman–Crippen LogP) is -0.426. The van der Waals surface area contributed by atoms with Crippen molar-refractivity contribution in [1.82, 2.24) is 15.5 Å². The maximum atomic E-state index is 12.0. The molecule has 0 spiro atoms. The van der Waals surface area contributed by atoms with Crippen molar-refractivity contribution in [1.29, 1.82) is 0 Å². The van der Waals surface area contributed by atoms with E-state index in [1.165, 1.54) is 0 Å². The third-order valence-corrected chi connectivity index (χ3v) is 3.85. The van der Waals surface area contributed by atoms with Crippen LogP contribution in [0.4, 0.5) is 0 Å². The highest BCUT2D eigenvalue weighted by atomic mass is 16.5. The molecule has 1 atom stereocenters. The number of hydrogen-bond acceptors (Lipinski definition) is 4. The van der Waals surface area contributed by atoms with Crippen molar-refractivity contribution < 1.29 is 9.53 Å². The van der Waals surface area contributed by atoms with Gasteiger partial charge < -0.3 is 15.4 Å². The first-order chi connectivity index (χ1) is 8.20. The van der Waals surface area contributed by atoms with E-state index in [9.17, 15) is 4.79 Å². The van der Waals surface area contributed by atoms with Crippen LogP contribution in [0.5, 0.6) is 0 Å². The molecule has 1 amide bonds. The van der Waals surface area contributed by atoms with Crippen LogP contribution in [0.3, 0.4) is 0 Å². The Balaban J connectivity index is 1.71. The first-order valence-electron chi connectivity index (χ1n) is 6.48. The molecule has 17 heavy (non-hydrogen) atoms. The topological polar surface area (TPSA) is 53.6 Å². The fourth-order valence-corrected chi connectivity index (χ4v) is 2.43. The molecular weight excluding hydrogens is 218 g/mol. The summed E-state index contributed by atoms with van der Waals surface area (Å²) in [5.74, 6) is 0.159. The van der Waals surface area contributed by atoms with Gasteiger partial charge in [-0.1, -0.05) is 0 Å². The molecule has 1 aliphatic carbocycles. The average molecular weight is 241 g/mol. The van der Waals surface area contributed by atoms with Gasteiger partial charge in [-0.3, -0.25) is 9.69 Å². The summed E-state index contributed by atoms with van der Waals surface area (Å²) in [5, 5.41) is 6.39. The van der Waals surface area contributed by atoms with E-state index in [4.69, 9.17) is 4.74 Å². The van der Waals surface area contributed by atoms with Gasteiger partial charge in [0.1, 0.15) is 0 Å². The van der Waals surface area contributed by atoms with Gasteiger partial charge in [-0.15, -0.1) is 0 Å². The van der Waals surface area contributed by atoms with E-state index >= 15 is 0 Å². The van der Waals surface area contributed by atoms with Gasteiger partial charge in [0.15, 0.2) is 0 Å². The molecule has 1 saturated carbocycles. The van der Waals surface area contributed by atoms with Gasteiger partial charge in [-0.05, 0) is 19.8 Å². The molecule has 2 aliphatic rings. The minimum absolute atomic E-state index is 0.0151. The molecule has 2 fully saturated rings. The minimum atomic E-state index is -0.0151. The van der Waals surface area contributed by atoms with Gasteiger partial charge in [0.05, 0.1) is 12.1 Å². The van der Waals surface area contributed by atoms with Gasteiger partial charge in [0.2, 0.25) is 5.91 Å². The number of carbonyl (C=O) groups excluding carboxylic acids is 1. The van der Waals surface area contributed by atoms with E-state index < -0.39 is 0 Å². The van der Waals surface area contributed by atoms with Crippen LogP contribution in [0.1, 0.15) is 19.8 Å². The van der Waals surface area contributed by atoms with E-state index in [0.717, 1.165) is 39.0 Å². The first kappa shape index (κ1) is 12.8. The summed E-state index contributed by atoms with van der Waals surface area (Å²) in [6, 6.07) is 0.302. The lowest BCUT2D eigenvalue weighted by atomic mass is 9.89. The third kappa shape index (κ3) is 3.18. The lowest BCUT2D eigenvalue weighted by Gasteiger charge is -2.37. The Kier molecular flexibility index (Phi) is 4.36. The molecule has 1 saturated heterocycles. The van der Waals surface area contributed by atoms with Gasteiger partial charge in [-0.25, -0.2) is 0 Å². The van der Waals surface area contributed by atoms with E-state index in [2.05, 4.69) is 15.5 Å². The van der Waals surface area contributed by atoms with Crippen molar-refractivity contribution >= 4 is 5.91 Å². The Morgan fingerprint density at radius 3 is 2.65 bits per heavy atom. The number of nitrogens with one attached hydrogen (secondary N) is 2. The number of nitrogens with zero attached hydrogens (tertiary/aromatic N) is 1. The molecule has 5 nitrogen and oxygen atoms in total. The highest BCUT2D eigenvalue weighted by Crippen LogP contribution is 2.22. The minimum Gasteiger partial charge on any atom is -0.381 e. The largest absolute Gasteiger partial charge is 0.381 e. The maximum Gasteiger partial charge on any atom is 0.237 e. The molecule has 1 aliphatic heterocycles. The molecule has 0 aromatic carbocycles. The van der Waals surface area contributed by atoms with Crippen molar-refractivity contribution in [3.8, 4) is 0 Å². The molecule has 0 aromatic rings. The van der Waals surface area contributed by atoms with Gasteiger partial charge >= 0.3 is 0 Å². The smallest absolute Gasteiger partial charge is 0.237 e. The predicted molar refractivity (Wildman–Crippen MR) is 65.9 cm³/mol. The fourth-order valence-electron chi connectivity index (χ4n) is 2.43. The number of carbonyl (C=O) groups is 1. The Bertz CT molecular complexity index is 260. The molecule has 2 N–H and O–H groups in total. The van der Waals surface area contributed by atoms with E-state index in [0.29, 0.717) is 12.1 Å². The van der Waals surface area contributed by atoms with Crippen LogP contribution in [0.25, 0.3) is 0 Å². The second kappa shape index (κ2) is 5.80. The van der Waals surface area contributed by atoms with Crippen molar-refractivity contribution in [2.45, 2.75) is 38.0 Å². The van der Waals surface area contributed by atoms with Crippen LogP contribution < -0.4 is 10.6 Å². The summed E-state index contributed by atoms with van der Waals surface area (Å²) in [5.41, 5.74) is 0. The van der Waals surface area contributed by atoms with E-state index in [1.807, 2.05) is 6.92 Å². The first-order valence-corrected chi connectivity index (χ1v) is 6.48. The normalized spacial score (nSPS) is 31.6. The number of rotatable bonds is 4. The van der Waals surface area contributed by atoms with Crippen LogP contribution >= 0.6 is 0 Å². The zero-order valence-corrected chi connectivity index (χ0v) is 10.7. The summed E-state index contributed by atoms with van der Waals surface area (Å²) >= 11 is 0. The van der Waals surface area contributed by atoms with E-state index in [-0.39, 0.29) is 11.9 Å². The molecule has 5 heteroatoms. The monoisotopic (exact) mass is 241 g/mol. The molecule has 1 heterocycles. The average Bonchev–Trinajstić information content (AvgIpc) is 2.33. The zero-order chi connectivity index (χ0) is 12.3. The fraction of sp³-hybridized carbons (Fsp3) is 0.917. The second-order valence-corrected chi connectivity index (χ2v) is 5.00. The number of amides is 1. The van der Waals surface area contributed by atoms with Crippen LogP contribution in [0.2, 0.25) is 0 Å². The lowest BCUT2D eigenvalue weighted by Crippen LogP contribution is -2.56. The molecule has 0 aromatic heterocycles. The second-order valence-electron chi connectivity index (χ2n) is 5.00. The molecule has 0 bridgehead atoms. The molecular formula is C12H23N3O2. The number of hydrogen-bond donors (Lipinski definition) is 2. The zero-order valence-electron chi connectivity index (χ0n) is 10.7. The highest BCUT2D eigenvalue weighted by molar-refractivity contribution is 5.81. The lowest BCUT2D eigenvalue weighted by molar-refractivity contribution is -0.128. The Labute approximate surface area is 103 Å². The van der Waals surface area contributed by atoms with Crippen LogP contribution in [0.15, 0.2) is 0 Å². The summed E-state index contributed by atoms with van der Waals surface area (Å²) in [6.07, 6.45) is 2.25. The van der Waals surface area contributed by atoms with Crippen LogP contribution in [-0.4, -0.2) is 62.3 Å². The van der Waals surface area contributed by atoms with Crippen molar-refractivity contribution in [2.75, 3.05) is 33.3 Å². The summed E-state index contributed by atoms with van der Waals surface area (Å²) in [6.45, 7) is 5.87. The molecule has 2 rings (SSSR count). The quantitative estimate of drug-likeness (QED) is 0.701. The van der Waals surface area contributed by atoms with Crippen LogP contribution in [-0.2, 0) is 9.53 Å². The van der Waals surface area contributed by atoms with Crippen molar-refractivity contribution in [3.05, 3.63) is 0 Å². The highest BCUT2D eigenvalue weighted by Gasteiger charge is 2.32. The van der Waals surface area contributed by atoms with Crippen molar-refractivity contribution in [3.63, 3.8) is 0 Å².